The van der Waals surface area contributed by atoms with Gasteiger partial charge in [-0.05, 0) is 29.3 Å². The van der Waals surface area contributed by atoms with Gasteiger partial charge in [0.2, 0.25) is 6.79 Å². The smallest absolute Gasteiger partial charge is 0.231 e. The highest BCUT2D eigenvalue weighted by Gasteiger charge is 2.27. The van der Waals surface area contributed by atoms with Crippen LogP contribution in [0.2, 0.25) is 0 Å². The summed E-state index contributed by atoms with van der Waals surface area (Å²) in [5.74, 6) is 3.58. The number of rotatable bonds is 4. The van der Waals surface area contributed by atoms with Crippen molar-refractivity contribution >= 4 is 11.1 Å². The minimum Gasteiger partial charge on any atom is -0.493 e. The van der Waals surface area contributed by atoms with E-state index in [1.165, 1.54) is 0 Å². The molecule has 0 saturated heterocycles. The third-order valence-corrected chi connectivity index (χ3v) is 5.21. The summed E-state index contributed by atoms with van der Waals surface area (Å²) >= 11 is 0. The molecule has 0 unspecified atom stereocenters. The molecule has 0 bridgehead atoms. The van der Waals surface area contributed by atoms with Crippen molar-refractivity contribution in [3.63, 3.8) is 0 Å². The van der Waals surface area contributed by atoms with Crippen molar-refractivity contribution in [3.8, 4) is 28.7 Å². The summed E-state index contributed by atoms with van der Waals surface area (Å²) in [6.45, 7) is 0.680. The van der Waals surface area contributed by atoms with Crippen LogP contribution in [0.15, 0.2) is 60.7 Å². The summed E-state index contributed by atoms with van der Waals surface area (Å²) < 4.78 is 28.2. The Kier molecular flexibility index (Phi) is 4.28. The molecule has 0 fully saturated rings. The second-order valence-corrected chi connectivity index (χ2v) is 6.78. The fraction of sp³-hybridized carbons (Fsp3) is 0.167. The number of methoxy groups -OCH3 is 2. The Bertz CT molecular complexity index is 1100. The van der Waals surface area contributed by atoms with E-state index in [1.807, 2.05) is 48.5 Å². The lowest BCUT2D eigenvalue weighted by Crippen LogP contribution is -2.12. The molecule has 0 atom stereocenters. The second-order valence-electron chi connectivity index (χ2n) is 6.78. The van der Waals surface area contributed by atoms with Gasteiger partial charge in [0, 0.05) is 22.8 Å². The highest BCUT2D eigenvalue weighted by molar-refractivity contribution is 6.02. The maximum Gasteiger partial charge on any atom is 0.231 e. The molecule has 2 aliphatic rings. The van der Waals surface area contributed by atoms with Crippen LogP contribution in [0.5, 0.6) is 28.7 Å². The van der Waals surface area contributed by atoms with Gasteiger partial charge in [-0.25, -0.2) is 0 Å². The first-order valence-corrected chi connectivity index (χ1v) is 9.36. The number of ether oxygens (including phenoxy) is 5. The van der Waals surface area contributed by atoms with Gasteiger partial charge in [-0.2, -0.15) is 0 Å². The zero-order valence-corrected chi connectivity index (χ0v) is 16.2. The largest absolute Gasteiger partial charge is 0.493 e. The van der Waals surface area contributed by atoms with Crippen molar-refractivity contribution in [1.29, 1.82) is 0 Å². The Morgan fingerprint density at radius 1 is 0.690 bits per heavy atom. The maximum absolute atomic E-state index is 6.12. The van der Waals surface area contributed by atoms with Crippen LogP contribution in [0.3, 0.4) is 0 Å². The van der Waals surface area contributed by atoms with E-state index in [-0.39, 0.29) is 6.79 Å². The van der Waals surface area contributed by atoms with Crippen LogP contribution >= 0.6 is 0 Å². The lowest BCUT2D eigenvalue weighted by molar-refractivity contribution is 0.174. The number of hydrogen-bond acceptors (Lipinski definition) is 5. The fourth-order valence-electron chi connectivity index (χ4n) is 3.81. The molecule has 5 nitrogen and oxygen atoms in total. The molecule has 2 heterocycles. The van der Waals surface area contributed by atoms with Crippen molar-refractivity contribution in [2.24, 2.45) is 0 Å². The summed E-state index contributed by atoms with van der Waals surface area (Å²) in [6, 6.07) is 20.1. The molecule has 0 saturated carbocycles. The third kappa shape index (κ3) is 2.95. The Balaban J connectivity index is 1.76. The molecule has 5 heteroatoms. The molecule has 3 aromatic rings. The third-order valence-electron chi connectivity index (χ3n) is 5.21. The van der Waals surface area contributed by atoms with Crippen LogP contribution in [-0.4, -0.2) is 27.6 Å². The summed E-state index contributed by atoms with van der Waals surface area (Å²) in [5.41, 5.74) is 5.28. The molecule has 146 valence electrons. The van der Waals surface area contributed by atoms with Gasteiger partial charge >= 0.3 is 0 Å². The molecule has 3 aromatic carbocycles. The Labute approximate surface area is 169 Å². The average Bonchev–Trinajstić information content (AvgIpc) is 3.24. The van der Waals surface area contributed by atoms with Crippen molar-refractivity contribution < 1.29 is 23.7 Å². The fourth-order valence-corrected chi connectivity index (χ4v) is 3.81. The van der Waals surface area contributed by atoms with Crippen molar-refractivity contribution in [1.82, 2.24) is 0 Å². The van der Waals surface area contributed by atoms with Crippen LogP contribution in [-0.2, 0) is 0 Å². The van der Waals surface area contributed by atoms with E-state index in [2.05, 4.69) is 12.1 Å². The summed E-state index contributed by atoms with van der Waals surface area (Å²) in [5, 5.41) is 0. The molecule has 0 spiro atoms. The molecule has 0 N–H and O–H groups in total. The highest BCUT2D eigenvalue weighted by atomic mass is 16.7. The van der Waals surface area contributed by atoms with Crippen LogP contribution in [0.1, 0.15) is 16.7 Å². The van der Waals surface area contributed by atoms with Crippen LogP contribution in [0.25, 0.3) is 11.1 Å². The normalized spacial score (nSPS) is 14.3. The molecule has 0 amide bonds. The molecule has 2 aliphatic heterocycles. The second kappa shape index (κ2) is 7.09. The predicted molar refractivity (Wildman–Crippen MR) is 110 cm³/mol. The monoisotopic (exact) mass is 388 g/mol. The zero-order valence-electron chi connectivity index (χ0n) is 16.2. The zero-order chi connectivity index (χ0) is 19.8. The number of hydrogen-bond donors (Lipinski definition) is 0. The van der Waals surface area contributed by atoms with Gasteiger partial charge in [-0.15, -0.1) is 0 Å². The lowest BCUT2D eigenvalue weighted by Gasteiger charge is -2.25. The minimum atomic E-state index is 0.221. The molecule has 29 heavy (non-hydrogen) atoms. The molecular weight excluding hydrogens is 368 g/mol. The van der Waals surface area contributed by atoms with E-state index < -0.39 is 0 Å². The van der Waals surface area contributed by atoms with Gasteiger partial charge in [0.05, 0.1) is 14.2 Å². The Morgan fingerprint density at radius 3 is 2.21 bits per heavy atom. The van der Waals surface area contributed by atoms with Crippen molar-refractivity contribution in [2.45, 2.75) is 0 Å². The maximum atomic E-state index is 6.12. The average molecular weight is 388 g/mol. The van der Waals surface area contributed by atoms with Crippen LogP contribution < -0.4 is 23.7 Å². The van der Waals surface area contributed by atoms with Crippen LogP contribution in [0, 0.1) is 0 Å². The standard InChI is InChI=1S/C24H20O5/c1-25-19-9-8-16(10-21(19)26-2)24-17-11-22-23(29-14-28-22)12-20(17)27-13-18(24)15-6-4-3-5-7-15/h3-12H,13-14H2,1-2H3. The van der Waals surface area contributed by atoms with E-state index in [0.29, 0.717) is 23.9 Å². The van der Waals surface area contributed by atoms with Gasteiger partial charge in [-0.1, -0.05) is 36.4 Å². The van der Waals surface area contributed by atoms with E-state index in [9.17, 15) is 0 Å². The van der Waals surface area contributed by atoms with E-state index in [4.69, 9.17) is 23.7 Å². The highest BCUT2D eigenvalue weighted by Crippen LogP contribution is 2.47. The van der Waals surface area contributed by atoms with Crippen LogP contribution in [0.4, 0.5) is 0 Å². The Hall–Kier alpha value is -3.60. The number of fused-ring (bicyclic) bond motifs is 2. The molecule has 5 rings (SSSR count). The van der Waals surface area contributed by atoms with Gasteiger partial charge in [0.25, 0.3) is 0 Å². The van der Waals surface area contributed by atoms with E-state index in [1.54, 1.807) is 14.2 Å². The molecule has 0 aromatic heterocycles. The molecule has 0 aliphatic carbocycles. The summed E-state index contributed by atoms with van der Waals surface area (Å²) in [4.78, 5) is 0. The van der Waals surface area contributed by atoms with Gasteiger partial charge < -0.3 is 23.7 Å². The van der Waals surface area contributed by atoms with E-state index in [0.717, 1.165) is 39.3 Å². The quantitative estimate of drug-likeness (QED) is 0.643. The first-order chi connectivity index (χ1) is 14.3. The first kappa shape index (κ1) is 17.5. The molecular formula is C24H20O5. The topological polar surface area (TPSA) is 46.2 Å². The van der Waals surface area contributed by atoms with Gasteiger partial charge in [0.15, 0.2) is 23.0 Å². The lowest BCUT2D eigenvalue weighted by atomic mass is 9.87. The first-order valence-electron chi connectivity index (χ1n) is 9.36. The van der Waals surface area contributed by atoms with Crippen molar-refractivity contribution in [3.05, 3.63) is 77.4 Å². The predicted octanol–water partition coefficient (Wildman–Crippen LogP) is 4.78. The minimum absolute atomic E-state index is 0.221. The SMILES string of the molecule is COc1ccc(C2=C(c3ccccc3)COc3cc4c(cc32)OCO4)cc1OC. The summed E-state index contributed by atoms with van der Waals surface area (Å²) in [6.07, 6.45) is 0. The van der Waals surface area contributed by atoms with E-state index >= 15 is 0 Å². The van der Waals surface area contributed by atoms with Crippen molar-refractivity contribution in [2.75, 3.05) is 27.6 Å². The Morgan fingerprint density at radius 2 is 1.45 bits per heavy atom. The number of benzene rings is 3. The molecule has 0 radical (unpaired) electrons. The van der Waals surface area contributed by atoms with Gasteiger partial charge in [0.1, 0.15) is 12.4 Å². The van der Waals surface area contributed by atoms with Gasteiger partial charge in [-0.3, -0.25) is 0 Å². The summed E-state index contributed by atoms with van der Waals surface area (Å²) in [7, 11) is 3.28.